The molecule has 0 aliphatic heterocycles. The predicted octanol–water partition coefficient (Wildman–Crippen LogP) is 4.10. The van der Waals surface area contributed by atoms with Gasteiger partial charge in [0.15, 0.2) is 5.82 Å². The van der Waals surface area contributed by atoms with Crippen LogP contribution in [-0.2, 0) is 6.42 Å². The van der Waals surface area contributed by atoms with E-state index in [1.54, 1.807) is 24.5 Å². The Balaban J connectivity index is 2.25. The number of hydrogen-bond donors (Lipinski definition) is 1. The summed E-state index contributed by atoms with van der Waals surface area (Å²) < 4.78 is 13.4. The van der Waals surface area contributed by atoms with Gasteiger partial charge in [-0.2, -0.15) is 0 Å². The van der Waals surface area contributed by atoms with Gasteiger partial charge in [0.2, 0.25) is 0 Å². The normalized spacial score (nSPS) is 10.9. The molecule has 0 spiro atoms. The number of thiophene rings is 1. The molecule has 0 atom stereocenters. The molecular formula is C15H14FN3S. The van der Waals surface area contributed by atoms with Crippen LogP contribution in [0.4, 0.5) is 10.2 Å². The molecule has 102 valence electrons. The van der Waals surface area contributed by atoms with Crippen molar-refractivity contribution in [2.24, 2.45) is 0 Å². The number of nitrogens with one attached hydrogen (secondary N) is 1. The summed E-state index contributed by atoms with van der Waals surface area (Å²) >= 11 is 1.63. The van der Waals surface area contributed by atoms with Gasteiger partial charge in [-0.1, -0.05) is 6.92 Å². The number of anilines is 1. The van der Waals surface area contributed by atoms with Crippen molar-refractivity contribution in [3.63, 3.8) is 0 Å². The summed E-state index contributed by atoms with van der Waals surface area (Å²) in [6, 6.07) is 6.67. The Kier molecular flexibility index (Phi) is 3.36. The van der Waals surface area contributed by atoms with Gasteiger partial charge in [0.1, 0.15) is 11.6 Å². The van der Waals surface area contributed by atoms with Crippen molar-refractivity contribution in [2.75, 3.05) is 12.4 Å². The molecule has 20 heavy (non-hydrogen) atoms. The van der Waals surface area contributed by atoms with Gasteiger partial charge in [0, 0.05) is 12.4 Å². The third-order valence-electron chi connectivity index (χ3n) is 3.23. The molecule has 3 nitrogen and oxygen atoms in total. The van der Waals surface area contributed by atoms with Crippen molar-refractivity contribution < 1.29 is 4.39 Å². The summed E-state index contributed by atoms with van der Waals surface area (Å²) in [4.78, 5) is 10.2. The van der Waals surface area contributed by atoms with Crippen molar-refractivity contribution in [3.8, 4) is 10.7 Å². The van der Waals surface area contributed by atoms with Gasteiger partial charge in [-0.05, 0) is 41.6 Å². The van der Waals surface area contributed by atoms with Gasteiger partial charge in [-0.15, -0.1) is 11.3 Å². The minimum atomic E-state index is -0.282. The van der Waals surface area contributed by atoms with Crippen LogP contribution in [0, 0.1) is 5.82 Å². The lowest BCUT2D eigenvalue weighted by Gasteiger charge is -2.08. The van der Waals surface area contributed by atoms with Crippen LogP contribution in [0.15, 0.2) is 29.6 Å². The fraction of sp³-hybridized carbons (Fsp3) is 0.200. The summed E-state index contributed by atoms with van der Waals surface area (Å²) in [6.07, 6.45) is 0.943. The van der Waals surface area contributed by atoms with Gasteiger partial charge in [0.05, 0.1) is 10.4 Å². The van der Waals surface area contributed by atoms with Crippen LogP contribution >= 0.6 is 11.3 Å². The smallest absolute Gasteiger partial charge is 0.172 e. The van der Waals surface area contributed by atoms with Crippen molar-refractivity contribution in [2.45, 2.75) is 13.3 Å². The fourth-order valence-electron chi connectivity index (χ4n) is 2.20. The second kappa shape index (κ2) is 5.17. The molecule has 0 aliphatic rings. The quantitative estimate of drug-likeness (QED) is 0.788. The maximum Gasteiger partial charge on any atom is 0.172 e. The van der Waals surface area contributed by atoms with E-state index in [0.717, 1.165) is 16.8 Å². The number of rotatable bonds is 3. The Morgan fingerprint density at radius 1 is 1.25 bits per heavy atom. The van der Waals surface area contributed by atoms with Crippen molar-refractivity contribution in [1.29, 1.82) is 0 Å². The molecule has 0 saturated carbocycles. The van der Waals surface area contributed by atoms with Gasteiger partial charge >= 0.3 is 0 Å². The fourth-order valence-corrected chi connectivity index (χ4v) is 3.13. The molecule has 5 heteroatoms. The van der Waals surface area contributed by atoms with Crippen LogP contribution in [0.1, 0.15) is 12.5 Å². The first-order valence-corrected chi connectivity index (χ1v) is 7.32. The number of fused-ring (bicyclic) bond motifs is 1. The zero-order valence-corrected chi connectivity index (χ0v) is 12.1. The first kappa shape index (κ1) is 13.0. The Hall–Kier alpha value is -2.01. The second-order valence-corrected chi connectivity index (χ2v) is 5.35. The molecule has 0 bridgehead atoms. The molecule has 3 aromatic rings. The van der Waals surface area contributed by atoms with Crippen molar-refractivity contribution in [1.82, 2.24) is 9.97 Å². The van der Waals surface area contributed by atoms with E-state index in [4.69, 9.17) is 0 Å². The van der Waals surface area contributed by atoms with Crippen LogP contribution < -0.4 is 5.32 Å². The average Bonchev–Trinajstić information content (AvgIpc) is 2.94. The molecule has 0 saturated heterocycles. The molecular weight excluding hydrogens is 273 g/mol. The van der Waals surface area contributed by atoms with Crippen LogP contribution in [0.2, 0.25) is 0 Å². The summed E-state index contributed by atoms with van der Waals surface area (Å²) in [7, 11) is 1.78. The molecule has 0 fully saturated rings. The number of nitrogens with zero attached hydrogens (tertiary/aromatic N) is 2. The predicted molar refractivity (Wildman–Crippen MR) is 81.7 cm³/mol. The topological polar surface area (TPSA) is 37.8 Å². The number of halogens is 1. The van der Waals surface area contributed by atoms with Crippen LogP contribution in [0.3, 0.4) is 0 Å². The number of aromatic nitrogens is 2. The van der Waals surface area contributed by atoms with E-state index in [2.05, 4.69) is 28.3 Å². The third kappa shape index (κ3) is 2.14. The summed E-state index contributed by atoms with van der Waals surface area (Å²) in [5.74, 6) is 1.07. The minimum Gasteiger partial charge on any atom is -0.373 e. The average molecular weight is 287 g/mol. The highest BCUT2D eigenvalue weighted by atomic mass is 32.1. The van der Waals surface area contributed by atoms with Gasteiger partial charge in [-0.25, -0.2) is 14.4 Å². The molecule has 3 rings (SSSR count). The lowest BCUT2D eigenvalue weighted by atomic mass is 10.2. The van der Waals surface area contributed by atoms with Gasteiger partial charge in [-0.3, -0.25) is 0 Å². The molecule has 2 aromatic heterocycles. The lowest BCUT2D eigenvalue weighted by molar-refractivity contribution is 0.629. The number of hydrogen-bond acceptors (Lipinski definition) is 4. The summed E-state index contributed by atoms with van der Waals surface area (Å²) in [5, 5.41) is 5.77. The van der Waals surface area contributed by atoms with E-state index in [-0.39, 0.29) is 5.82 Å². The molecule has 0 aliphatic carbocycles. The van der Waals surface area contributed by atoms with Gasteiger partial charge in [0.25, 0.3) is 0 Å². The monoisotopic (exact) mass is 287 g/mol. The Labute approximate surface area is 120 Å². The van der Waals surface area contributed by atoms with Gasteiger partial charge < -0.3 is 5.32 Å². The first-order chi connectivity index (χ1) is 9.72. The van der Waals surface area contributed by atoms with E-state index in [1.165, 1.54) is 17.7 Å². The maximum absolute atomic E-state index is 13.4. The highest BCUT2D eigenvalue weighted by molar-refractivity contribution is 7.13. The van der Waals surface area contributed by atoms with E-state index < -0.39 is 0 Å². The highest BCUT2D eigenvalue weighted by Gasteiger charge is 2.13. The minimum absolute atomic E-state index is 0.282. The molecule has 2 heterocycles. The van der Waals surface area contributed by atoms with Crippen molar-refractivity contribution >= 4 is 28.1 Å². The SMILES string of the molecule is CCc1ccsc1-c1nc(NC)c2cc(F)ccc2n1. The Morgan fingerprint density at radius 3 is 2.85 bits per heavy atom. The standard InChI is InChI=1S/C15H14FN3S/c1-3-9-6-7-20-13(9)15-18-12-5-4-10(16)8-11(12)14(17-2)19-15/h4-8H,3H2,1-2H3,(H,17,18,19). The molecule has 1 aromatic carbocycles. The maximum atomic E-state index is 13.4. The van der Waals surface area contributed by atoms with Crippen LogP contribution in [0.5, 0.6) is 0 Å². The molecule has 1 N–H and O–H groups in total. The zero-order valence-electron chi connectivity index (χ0n) is 11.3. The summed E-state index contributed by atoms with van der Waals surface area (Å²) in [5.41, 5.74) is 1.98. The Bertz CT molecular complexity index is 767. The van der Waals surface area contributed by atoms with E-state index in [0.29, 0.717) is 17.0 Å². The number of aryl methyl sites for hydroxylation is 1. The lowest BCUT2D eigenvalue weighted by Crippen LogP contribution is -1.99. The summed E-state index contributed by atoms with van der Waals surface area (Å²) in [6.45, 7) is 2.11. The molecule has 0 radical (unpaired) electrons. The zero-order chi connectivity index (χ0) is 14.1. The van der Waals surface area contributed by atoms with E-state index in [9.17, 15) is 4.39 Å². The second-order valence-electron chi connectivity index (χ2n) is 4.44. The highest BCUT2D eigenvalue weighted by Crippen LogP contribution is 2.31. The van der Waals surface area contributed by atoms with E-state index in [1.807, 2.05) is 5.38 Å². The van der Waals surface area contributed by atoms with E-state index >= 15 is 0 Å². The Morgan fingerprint density at radius 2 is 2.10 bits per heavy atom. The molecule has 0 amide bonds. The van der Waals surface area contributed by atoms with Crippen molar-refractivity contribution in [3.05, 3.63) is 41.0 Å². The largest absolute Gasteiger partial charge is 0.373 e. The number of benzene rings is 1. The van der Waals surface area contributed by atoms with Crippen LogP contribution in [-0.4, -0.2) is 17.0 Å². The third-order valence-corrected chi connectivity index (χ3v) is 4.18. The molecule has 0 unspecified atom stereocenters. The van der Waals surface area contributed by atoms with Crippen LogP contribution in [0.25, 0.3) is 21.6 Å². The first-order valence-electron chi connectivity index (χ1n) is 6.44.